The zero-order valence-corrected chi connectivity index (χ0v) is 12.4. The molecule has 1 atom stereocenters. The van der Waals surface area contributed by atoms with E-state index in [2.05, 4.69) is 39.2 Å². The van der Waals surface area contributed by atoms with Crippen molar-refractivity contribution in [3.63, 3.8) is 0 Å². The van der Waals surface area contributed by atoms with E-state index in [1.54, 1.807) is 12.5 Å². The maximum atomic E-state index is 4.47. The summed E-state index contributed by atoms with van der Waals surface area (Å²) in [5.74, 6) is 0.986. The number of hydrogen-bond acceptors (Lipinski definition) is 5. The van der Waals surface area contributed by atoms with Gasteiger partial charge in [-0.2, -0.15) is 5.10 Å². The zero-order chi connectivity index (χ0) is 14.4. The van der Waals surface area contributed by atoms with E-state index in [1.165, 1.54) is 0 Å². The maximum absolute atomic E-state index is 4.47. The van der Waals surface area contributed by atoms with E-state index in [1.807, 2.05) is 17.8 Å². The maximum Gasteiger partial charge on any atom is 0.138 e. The van der Waals surface area contributed by atoms with Crippen LogP contribution in [0.15, 0.2) is 18.7 Å². The summed E-state index contributed by atoms with van der Waals surface area (Å²) in [4.78, 5) is 13.2. The third-order valence-corrected chi connectivity index (χ3v) is 3.13. The highest BCUT2D eigenvalue weighted by Gasteiger charge is 2.16. The molecule has 6 heteroatoms. The lowest BCUT2D eigenvalue weighted by atomic mass is 10.1. The number of rotatable bonds is 7. The predicted molar refractivity (Wildman–Crippen MR) is 77.2 cm³/mol. The minimum atomic E-state index is 0.118. The summed E-state index contributed by atoms with van der Waals surface area (Å²) in [5.41, 5.74) is 1.88. The number of aromatic nitrogens is 5. The summed E-state index contributed by atoms with van der Waals surface area (Å²) in [7, 11) is 0. The highest BCUT2D eigenvalue weighted by molar-refractivity contribution is 5.08. The first-order chi connectivity index (χ1) is 9.74. The number of hydrogen-bond donors (Lipinski definition) is 1. The molecule has 2 rings (SSSR count). The summed E-state index contributed by atoms with van der Waals surface area (Å²) in [6.07, 6.45) is 7.08. The molecule has 0 fully saturated rings. The molecule has 0 aromatic carbocycles. The van der Waals surface area contributed by atoms with Crippen LogP contribution in [0.3, 0.4) is 0 Å². The molecule has 1 unspecified atom stereocenters. The molecule has 0 radical (unpaired) electrons. The molecule has 0 aliphatic carbocycles. The van der Waals surface area contributed by atoms with Gasteiger partial charge in [0.2, 0.25) is 0 Å². The Balaban J connectivity index is 2.16. The molecule has 0 amide bonds. The van der Waals surface area contributed by atoms with Crippen molar-refractivity contribution in [3.8, 4) is 0 Å². The second-order valence-corrected chi connectivity index (χ2v) is 4.80. The summed E-state index contributed by atoms with van der Waals surface area (Å²) in [5, 5.41) is 7.71. The highest BCUT2D eigenvalue weighted by atomic mass is 15.3. The Hall–Kier alpha value is -1.82. The van der Waals surface area contributed by atoms with E-state index in [-0.39, 0.29) is 6.04 Å². The number of nitrogens with one attached hydrogen (secondary N) is 1. The second kappa shape index (κ2) is 7.09. The molecular weight excluding hydrogens is 252 g/mol. The van der Waals surface area contributed by atoms with E-state index in [0.717, 1.165) is 43.1 Å². The molecule has 6 nitrogen and oxygen atoms in total. The van der Waals surface area contributed by atoms with Gasteiger partial charge in [0.25, 0.3) is 0 Å². The standard InChI is InChI=1S/C14H22N6/c1-4-6-20-14(18-10-19-20)7-12(15-5-2)13-9-16-11(3)8-17-13/h8-10,12,15H,4-7H2,1-3H3. The Morgan fingerprint density at radius 1 is 1.20 bits per heavy atom. The van der Waals surface area contributed by atoms with Crippen molar-refractivity contribution in [3.05, 3.63) is 35.9 Å². The first kappa shape index (κ1) is 14.6. The lowest BCUT2D eigenvalue weighted by Crippen LogP contribution is -2.25. The van der Waals surface area contributed by atoms with Gasteiger partial charge in [0.15, 0.2) is 0 Å². The van der Waals surface area contributed by atoms with Crippen molar-refractivity contribution >= 4 is 0 Å². The number of likely N-dealkylation sites (N-methyl/N-ethyl adjacent to an activating group) is 1. The molecular formula is C14H22N6. The summed E-state index contributed by atoms with van der Waals surface area (Å²) in [6, 6.07) is 0.118. The van der Waals surface area contributed by atoms with Crippen LogP contribution in [0.4, 0.5) is 0 Å². The second-order valence-electron chi connectivity index (χ2n) is 4.80. The highest BCUT2D eigenvalue weighted by Crippen LogP contribution is 2.14. The van der Waals surface area contributed by atoms with Crippen LogP contribution < -0.4 is 5.32 Å². The Morgan fingerprint density at radius 2 is 2.05 bits per heavy atom. The van der Waals surface area contributed by atoms with Gasteiger partial charge in [-0.25, -0.2) is 4.98 Å². The van der Waals surface area contributed by atoms with E-state index >= 15 is 0 Å². The average molecular weight is 274 g/mol. The first-order valence-electron chi connectivity index (χ1n) is 7.13. The number of nitrogens with zero attached hydrogens (tertiary/aromatic N) is 5. The Kier molecular flexibility index (Phi) is 5.17. The van der Waals surface area contributed by atoms with Gasteiger partial charge >= 0.3 is 0 Å². The van der Waals surface area contributed by atoms with Crippen LogP contribution in [0.2, 0.25) is 0 Å². The van der Waals surface area contributed by atoms with Crippen molar-refractivity contribution in [1.29, 1.82) is 0 Å². The minimum absolute atomic E-state index is 0.118. The molecule has 0 spiro atoms. The van der Waals surface area contributed by atoms with E-state index in [4.69, 9.17) is 0 Å². The molecule has 20 heavy (non-hydrogen) atoms. The molecule has 0 saturated carbocycles. The SMILES string of the molecule is CCCn1ncnc1CC(NCC)c1cnc(C)cn1. The van der Waals surface area contributed by atoms with Crippen molar-refractivity contribution in [2.24, 2.45) is 0 Å². The van der Waals surface area contributed by atoms with Gasteiger partial charge in [-0.1, -0.05) is 13.8 Å². The van der Waals surface area contributed by atoms with Crippen molar-refractivity contribution < 1.29 is 0 Å². The van der Waals surface area contributed by atoms with Crippen LogP contribution in [0, 0.1) is 6.92 Å². The van der Waals surface area contributed by atoms with Crippen molar-refractivity contribution in [2.75, 3.05) is 6.54 Å². The van der Waals surface area contributed by atoms with E-state index in [9.17, 15) is 0 Å². The van der Waals surface area contributed by atoms with Crippen LogP contribution in [0.25, 0.3) is 0 Å². The number of aryl methyl sites for hydroxylation is 2. The first-order valence-corrected chi connectivity index (χ1v) is 7.13. The van der Waals surface area contributed by atoms with Crippen molar-refractivity contribution in [2.45, 2.75) is 46.2 Å². The van der Waals surface area contributed by atoms with Gasteiger partial charge in [-0.05, 0) is 19.9 Å². The monoisotopic (exact) mass is 274 g/mol. The van der Waals surface area contributed by atoms with Crippen LogP contribution >= 0.6 is 0 Å². The Labute approximate surface area is 119 Å². The molecule has 0 aliphatic heterocycles. The molecule has 2 aromatic rings. The van der Waals surface area contributed by atoms with Crippen LogP contribution in [-0.2, 0) is 13.0 Å². The lowest BCUT2D eigenvalue weighted by Gasteiger charge is -2.17. The largest absolute Gasteiger partial charge is 0.308 e. The van der Waals surface area contributed by atoms with E-state index in [0.29, 0.717) is 0 Å². The van der Waals surface area contributed by atoms with Crippen LogP contribution in [-0.4, -0.2) is 31.3 Å². The molecule has 0 saturated heterocycles. The fourth-order valence-electron chi connectivity index (χ4n) is 2.14. The van der Waals surface area contributed by atoms with Gasteiger partial charge in [0, 0.05) is 19.2 Å². The van der Waals surface area contributed by atoms with Gasteiger partial charge in [-0.15, -0.1) is 0 Å². The van der Waals surface area contributed by atoms with Gasteiger partial charge in [-0.3, -0.25) is 14.6 Å². The fourth-order valence-corrected chi connectivity index (χ4v) is 2.14. The summed E-state index contributed by atoms with van der Waals surface area (Å²) < 4.78 is 1.96. The molecule has 0 aliphatic rings. The predicted octanol–water partition coefficient (Wildman–Crippen LogP) is 1.68. The molecule has 0 bridgehead atoms. The smallest absolute Gasteiger partial charge is 0.138 e. The lowest BCUT2D eigenvalue weighted by molar-refractivity contribution is 0.489. The minimum Gasteiger partial charge on any atom is -0.308 e. The molecule has 108 valence electrons. The quantitative estimate of drug-likeness (QED) is 0.832. The van der Waals surface area contributed by atoms with Crippen molar-refractivity contribution in [1.82, 2.24) is 30.0 Å². The Bertz CT molecular complexity index is 519. The van der Waals surface area contributed by atoms with Crippen LogP contribution in [0.5, 0.6) is 0 Å². The van der Waals surface area contributed by atoms with Gasteiger partial charge < -0.3 is 5.32 Å². The summed E-state index contributed by atoms with van der Waals surface area (Å²) >= 11 is 0. The fraction of sp³-hybridized carbons (Fsp3) is 0.571. The topological polar surface area (TPSA) is 68.5 Å². The molecule has 1 N–H and O–H groups in total. The Morgan fingerprint density at radius 3 is 2.70 bits per heavy atom. The van der Waals surface area contributed by atoms with Crippen LogP contribution in [0.1, 0.15) is 43.5 Å². The average Bonchev–Trinajstić information content (AvgIpc) is 2.87. The zero-order valence-electron chi connectivity index (χ0n) is 12.4. The molecule has 2 aromatic heterocycles. The third-order valence-electron chi connectivity index (χ3n) is 3.13. The summed E-state index contributed by atoms with van der Waals surface area (Å²) in [6.45, 7) is 7.94. The van der Waals surface area contributed by atoms with E-state index < -0.39 is 0 Å². The van der Waals surface area contributed by atoms with Gasteiger partial charge in [0.05, 0.1) is 23.6 Å². The normalized spacial score (nSPS) is 12.6. The third kappa shape index (κ3) is 3.60. The van der Waals surface area contributed by atoms with Gasteiger partial charge in [0.1, 0.15) is 12.2 Å². The molecule has 2 heterocycles.